The summed E-state index contributed by atoms with van der Waals surface area (Å²) in [7, 11) is 4.33. The van der Waals surface area contributed by atoms with Gasteiger partial charge >= 0.3 is 5.97 Å². The van der Waals surface area contributed by atoms with Crippen LogP contribution < -0.4 is 5.32 Å². The maximum Gasteiger partial charge on any atom is 0.328 e. The minimum absolute atomic E-state index is 0.109. The van der Waals surface area contributed by atoms with Crippen LogP contribution in [0.4, 0.5) is 0 Å². The van der Waals surface area contributed by atoms with Gasteiger partial charge in [-0.3, -0.25) is 14.4 Å². The number of ether oxygens (including phenoxy) is 1. The standard InChI is InChI=1S/C28H53N3O6/c1-12-13-14-19(6)16-20(7)26(34)30(9)22(15-17(2)3)25(33)29-23(21(8)32)27(35)31(10)24(18(4)5)28(36)37-11/h17-24,32H,12-16H2,1-11H3,(H,29,33)/t19?,20?,21?,22-,23-,24-/m0/s1. The number of nitrogens with one attached hydrogen (secondary N) is 1. The highest BCUT2D eigenvalue weighted by atomic mass is 16.5. The normalized spacial score (nSPS) is 16.4. The number of rotatable bonds is 16. The molecular weight excluding hydrogens is 474 g/mol. The SMILES string of the molecule is CCCCC(C)CC(C)C(=O)N(C)[C@@H](CC(C)C)C(=O)N[C@H](C(=O)N(C)[C@H](C(=O)OC)C(C)C)C(C)O. The van der Waals surface area contributed by atoms with Crippen LogP contribution in [0.5, 0.6) is 0 Å². The van der Waals surface area contributed by atoms with Crippen LogP contribution in [0.1, 0.15) is 87.5 Å². The molecule has 0 saturated carbocycles. The number of hydrogen-bond donors (Lipinski definition) is 2. The maximum atomic E-state index is 13.5. The number of methoxy groups -OCH3 is 1. The van der Waals surface area contributed by atoms with E-state index < -0.39 is 42.0 Å². The zero-order valence-electron chi connectivity index (χ0n) is 25.0. The van der Waals surface area contributed by atoms with Crippen LogP contribution >= 0.6 is 0 Å². The van der Waals surface area contributed by atoms with Gasteiger partial charge in [0.25, 0.3) is 0 Å². The topological polar surface area (TPSA) is 116 Å². The number of aliphatic hydroxyl groups is 1. The van der Waals surface area contributed by atoms with Gasteiger partial charge in [0, 0.05) is 20.0 Å². The molecule has 9 nitrogen and oxygen atoms in total. The Morgan fingerprint density at radius 2 is 1.46 bits per heavy atom. The minimum atomic E-state index is -1.28. The number of nitrogens with zero attached hydrogens (tertiary/aromatic N) is 2. The van der Waals surface area contributed by atoms with Gasteiger partial charge in [0.15, 0.2) is 0 Å². The van der Waals surface area contributed by atoms with Crippen LogP contribution in [-0.2, 0) is 23.9 Å². The zero-order valence-corrected chi connectivity index (χ0v) is 25.0. The first kappa shape index (κ1) is 34.8. The lowest BCUT2D eigenvalue weighted by atomic mass is 9.91. The summed E-state index contributed by atoms with van der Waals surface area (Å²) in [6, 6.07) is -2.96. The molecule has 0 radical (unpaired) electrons. The van der Waals surface area contributed by atoms with E-state index in [1.807, 2.05) is 20.8 Å². The smallest absolute Gasteiger partial charge is 0.328 e. The fourth-order valence-corrected chi connectivity index (χ4v) is 4.76. The van der Waals surface area contributed by atoms with Crippen molar-refractivity contribution in [3.8, 4) is 0 Å². The molecule has 0 rings (SSSR count). The van der Waals surface area contributed by atoms with Crippen LogP contribution in [0, 0.1) is 23.7 Å². The highest BCUT2D eigenvalue weighted by Gasteiger charge is 2.38. The van der Waals surface area contributed by atoms with Gasteiger partial charge in [-0.1, -0.05) is 67.7 Å². The van der Waals surface area contributed by atoms with E-state index in [9.17, 15) is 24.3 Å². The molecular formula is C28H53N3O6. The van der Waals surface area contributed by atoms with Crippen LogP contribution in [0.15, 0.2) is 0 Å². The second-order valence-electron chi connectivity index (χ2n) is 11.4. The summed E-state index contributed by atoms with van der Waals surface area (Å²) in [4.78, 5) is 55.0. The first-order valence-corrected chi connectivity index (χ1v) is 13.7. The third-order valence-corrected chi connectivity index (χ3v) is 6.93. The van der Waals surface area contributed by atoms with E-state index in [1.54, 1.807) is 20.9 Å². The van der Waals surface area contributed by atoms with Crippen LogP contribution in [0.2, 0.25) is 0 Å². The molecule has 0 spiro atoms. The van der Waals surface area contributed by atoms with Gasteiger partial charge in [0.05, 0.1) is 13.2 Å². The number of esters is 1. The Kier molecular flexibility index (Phi) is 15.7. The predicted octanol–water partition coefficient (Wildman–Crippen LogP) is 3.23. The van der Waals surface area contributed by atoms with E-state index in [1.165, 1.54) is 30.9 Å². The van der Waals surface area contributed by atoms with Crippen molar-refractivity contribution in [3.05, 3.63) is 0 Å². The molecule has 37 heavy (non-hydrogen) atoms. The molecule has 6 atom stereocenters. The van der Waals surface area contributed by atoms with Gasteiger partial charge < -0.3 is 25.0 Å². The monoisotopic (exact) mass is 527 g/mol. The fourth-order valence-electron chi connectivity index (χ4n) is 4.76. The van der Waals surface area contributed by atoms with Crippen molar-refractivity contribution in [1.82, 2.24) is 15.1 Å². The summed E-state index contributed by atoms with van der Waals surface area (Å²) in [5.41, 5.74) is 0. The van der Waals surface area contributed by atoms with E-state index in [0.717, 1.165) is 25.7 Å². The lowest BCUT2D eigenvalue weighted by Crippen LogP contribution is -2.60. The molecule has 216 valence electrons. The van der Waals surface area contributed by atoms with E-state index in [2.05, 4.69) is 19.2 Å². The van der Waals surface area contributed by atoms with E-state index in [-0.39, 0.29) is 23.7 Å². The number of amides is 3. The van der Waals surface area contributed by atoms with Crippen LogP contribution in [0.3, 0.4) is 0 Å². The minimum Gasteiger partial charge on any atom is -0.467 e. The number of likely N-dealkylation sites (N-methyl/N-ethyl adjacent to an activating group) is 2. The van der Waals surface area contributed by atoms with Gasteiger partial charge in [-0.15, -0.1) is 0 Å². The molecule has 3 unspecified atom stereocenters. The number of hydrogen-bond acceptors (Lipinski definition) is 6. The average molecular weight is 528 g/mol. The van der Waals surface area contributed by atoms with E-state index in [4.69, 9.17) is 4.74 Å². The van der Waals surface area contributed by atoms with Crippen molar-refractivity contribution < 1.29 is 29.0 Å². The summed E-state index contributed by atoms with van der Waals surface area (Å²) < 4.78 is 4.85. The fraction of sp³-hybridized carbons (Fsp3) is 0.857. The lowest BCUT2D eigenvalue weighted by molar-refractivity contribution is -0.156. The number of aliphatic hydroxyl groups excluding tert-OH is 1. The Labute approximate surface area is 224 Å². The molecule has 0 aliphatic rings. The molecule has 2 N–H and O–H groups in total. The van der Waals surface area contributed by atoms with E-state index in [0.29, 0.717) is 12.3 Å². The van der Waals surface area contributed by atoms with Crippen molar-refractivity contribution in [1.29, 1.82) is 0 Å². The molecule has 0 bridgehead atoms. The molecule has 0 aromatic rings. The summed E-state index contributed by atoms with van der Waals surface area (Å²) in [6.07, 6.45) is 3.21. The summed E-state index contributed by atoms with van der Waals surface area (Å²) in [5, 5.41) is 13.1. The first-order chi connectivity index (χ1) is 17.1. The highest BCUT2D eigenvalue weighted by molar-refractivity contribution is 5.94. The number of carbonyl (C=O) groups is 4. The van der Waals surface area contributed by atoms with Gasteiger partial charge in [-0.05, 0) is 37.5 Å². The summed E-state index contributed by atoms with van der Waals surface area (Å²) in [5.74, 6) is -1.79. The molecule has 0 saturated heterocycles. The number of unbranched alkanes of at least 4 members (excludes halogenated alkanes) is 1. The molecule has 0 aromatic heterocycles. The predicted molar refractivity (Wildman–Crippen MR) is 146 cm³/mol. The second kappa shape index (κ2) is 16.6. The third-order valence-electron chi connectivity index (χ3n) is 6.93. The highest BCUT2D eigenvalue weighted by Crippen LogP contribution is 2.22. The van der Waals surface area contributed by atoms with Crippen molar-refractivity contribution in [2.45, 2.75) is 112 Å². The Balaban J connectivity index is 5.79. The molecule has 3 amide bonds. The quantitative estimate of drug-likeness (QED) is 0.298. The lowest BCUT2D eigenvalue weighted by Gasteiger charge is -2.35. The number of carbonyl (C=O) groups excluding carboxylic acids is 4. The van der Waals surface area contributed by atoms with E-state index >= 15 is 0 Å². The molecule has 0 aliphatic heterocycles. The van der Waals surface area contributed by atoms with Gasteiger partial charge in [0.2, 0.25) is 17.7 Å². The Bertz CT molecular complexity index is 739. The maximum absolute atomic E-state index is 13.5. The molecule has 0 fully saturated rings. The third kappa shape index (κ3) is 11.0. The van der Waals surface area contributed by atoms with Crippen molar-refractivity contribution in [3.63, 3.8) is 0 Å². The van der Waals surface area contributed by atoms with Crippen molar-refractivity contribution in [2.24, 2.45) is 23.7 Å². The molecule has 0 aromatic carbocycles. The van der Waals surface area contributed by atoms with Crippen LogP contribution in [-0.4, -0.2) is 84.0 Å². The Morgan fingerprint density at radius 1 is 0.892 bits per heavy atom. The molecule has 9 heteroatoms. The Hall–Kier alpha value is -2.16. The van der Waals surface area contributed by atoms with Gasteiger partial charge in [-0.2, -0.15) is 0 Å². The zero-order chi connectivity index (χ0) is 29.0. The van der Waals surface area contributed by atoms with Crippen LogP contribution in [0.25, 0.3) is 0 Å². The van der Waals surface area contributed by atoms with Gasteiger partial charge in [0.1, 0.15) is 18.1 Å². The second-order valence-corrected chi connectivity index (χ2v) is 11.4. The van der Waals surface area contributed by atoms with Gasteiger partial charge in [-0.25, -0.2) is 4.79 Å². The molecule has 0 heterocycles. The van der Waals surface area contributed by atoms with Crippen molar-refractivity contribution >= 4 is 23.7 Å². The van der Waals surface area contributed by atoms with Crippen molar-refractivity contribution in [2.75, 3.05) is 21.2 Å². The summed E-state index contributed by atoms with van der Waals surface area (Å²) >= 11 is 0. The summed E-state index contributed by atoms with van der Waals surface area (Å²) in [6.45, 7) is 15.1. The Morgan fingerprint density at radius 3 is 1.89 bits per heavy atom. The first-order valence-electron chi connectivity index (χ1n) is 13.7. The average Bonchev–Trinajstić information content (AvgIpc) is 2.82. The largest absolute Gasteiger partial charge is 0.467 e. The molecule has 0 aliphatic carbocycles.